The van der Waals surface area contributed by atoms with Crippen LogP contribution in [0.25, 0.3) is 0 Å². The first-order chi connectivity index (χ1) is 6.62. The Morgan fingerprint density at radius 3 is 2.64 bits per heavy atom. The highest BCUT2D eigenvalue weighted by Crippen LogP contribution is 2.46. The number of aliphatic hydroxyl groups is 1. The van der Waals surface area contributed by atoms with Gasteiger partial charge in [0.25, 0.3) is 0 Å². The first-order valence-electron chi connectivity index (χ1n) is 5.29. The van der Waals surface area contributed by atoms with Gasteiger partial charge >= 0.3 is 0 Å². The summed E-state index contributed by atoms with van der Waals surface area (Å²) in [5.74, 6) is 0. The highest BCUT2D eigenvalue weighted by atomic mass is 16.3. The van der Waals surface area contributed by atoms with Crippen LogP contribution in [0.3, 0.4) is 0 Å². The highest BCUT2D eigenvalue weighted by molar-refractivity contribution is 5.08. The Kier molecular flexibility index (Phi) is 2.35. The summed E-state index contributed by atoms with van der Waals surface area (Å²) in [6, 6.07) is 1.91. The summed E-state index contributed by atoms with van der Waals surface area (Å²) in [6.07, 6.45) is 6.19. The van der Waals surface area contributed by atoms with Gasteiger partial charge in [-0.15, -0.1) is 0 Å². The number of aryl methyl sites for hydroxylation is 1. The summed E-state index contributed by atoms with van der Waals surface area (Å²) < 4.78 is 1.75. The van der Waals surface area contributed by atoms with Crippen molar-refractivity contribution >= 4 is 0 Å². The van der Waals surface area contributed by atoms with Crippen molar-refractivity contribution in [3.63, 3.8) is 0 Å². The summed E-state index contributed by atoms with van der Waals surface area (Å²) in [7, 11) is 1.88. The molecule has 1 aromatic heterocycles. The Morgan fingerprint density at radius 1 is 1.50 bits per heavy atom. The Morgan fingerprint density at radius 2 is 2.14 bits per heavy atom. The summed E-state index contributed by atoms with van der Waals surface area (Å²) in [6.45, 7) is 2.17. The minimum Gasteiger partial charge on any atom is -0.386 e. The van der Waals surface area contributed by atoms with Gasteiger partial charge in [-0.3, -0.25) is 4.68 Å². The van der Waals surface area contributed by atoms with Gasteiger partial charge in [0.2, 0.25) is 0 Å². The van der Waals surface area contributed by atoms with Crippen molar-refractivity contribution in [2.24, 2.45) is 12.5 Å². The van der Waals surface area contributed by atoms with Crippen molar-refractivity contribution in [3.05, 3.63) is 18.0 Å². The molecular weight excluding hydrogens is 176 g/mol. The third-order valence-corrected chi connectivity index (χ3v) is 3.42. The molecule has 1 unspecified atom stereocenters. The maximum Gasteiger partial charge on any atom is 0.103 e. The van der Waals surface area contributed by atoms with Gasteiger partial charge in [-0.2, -0.15) is 5.10 Å². The zero-order chi connectivity index (χ0) is 10.2. The van der Waals surface area contributed by atoms with Gasteiger partial charge in [0.05, 0.1) is 5.69 Å². The lowest BCUT2D eigenvalue weighted by atomic mass is 9.81. The molecule has 1 aliphatic carbocycles. The van der Waals surface area contributed by atoms with Crippen LogP contribution in [0.1, 0.15) is 44.4 Å². The molecule has 0 saturated heterocycles. The predicted octanol–water partition coefficient (Wildman–Crippen LogP) is 2.03. The van der Waals surface area contributed by atoms with E-state index in [9.17, 15) is 5.11 Å². The zero-order valence-electron chi connectivity index (χ0n) is 8.90. The van der Waals surface area contributed by atoms with Crippen LogP contribution in [0.4, 0.5) is 0 Å². The minimum atomic E-state index is -0.397. The van der Waals surface area contributed by atoms with Crippen molar-refractivity contribution in [2.45, 2.75) is 38.7 Å². The van der Waals surface area contributed by atoms with Crippen LogP contribution in [0.5, 0.6) is 0 Å². The van der Waals surface area contributed by atoms with E-state index >= 15 is 0 Å². The molecule has 0 amide bonds. The van der Waals surface area contributed by atoms with E-state index in [0.717, 1.165) is 18.5 Å². The van der Waals surface area contributed by atoms with Gasteiger partial charge in [-0.05, 0) is 24.3 Å². The SMILES string of the molecule is Cn1ccc(C(O)C2(C)CCCC2)n1. The van der Waals surface area contributed by atoms with Gasteiger partial charge in [0.15, 0.2) is 0 Å². The largest absolute Gasteiger partial charge is 0.386 e. The fourth-order valence-corrected chi connectivity index (χ4v) is 2.39. The maximum atomic E-state index is 10.2. The highest BCUT2D eigenvalue weighted by Gasteiger charge is 2.37. The molecule has 1 atom stereocenters. The van der Waals surface area contributed by atoms with Crippen molar-refractivity contribution in [3.8, 4) is 0 Å². The van der Waals surface area contributed by atoms with Crippen molar-refractivity contribution in [1.29, 1.82) is 0 Å². The summed E-state index contributed by atoms with van der Waals surface area (Å²) in [4.78, 5) is 0. The first kappa shape index (κ1) is 9.71. The predicted molar refractivity (Wildman–Crippen MR) is 54.7 cm³/mol. The molecule has 78 valence electrons. The van der Waals surface area contributed by atoms with Crippen LogP contribution in [0.15, 0.2) is 12.3 Å². The van der Waals surface area contributed by atoms with Crippen molar-refractivity contribution in [1.82, 2.24) is 9.78 Å². The molecule has 3 nitrogen and oxygen atoms in total. The van der Waals surface area contributed by atoms with Crippen LogP contribution >= 0.6 is 0 Å². The second kappa shape index (κ2) is 3.39. The van der Waals surface area contributed by atoms with E-state index in [-0.39, 0.29) is 5.41 Å². The molecule has 3 heteroatoms. The molecule has 1 aliphatic rings. The van der Waals surface area contributed by atoms with E-state index in [1.807, 2.05) is 19.3 Å². The maximum absolute atomic E-state index is 10.2. The Bertz CT molecular complexity index is 313. The van der Waals surface area contributed by atoms with Gasteiger partial charge in [-0.1, -0.05) is 19.8 Å². The number of rotatable bonds is 2. The molecule has 0 spiro atoms. The lowest BCUT2D eigenvalue weighted by Gasteiger charge is -2.28. The molecule has 0 radical (unpaired) electrons. The Balaban J connectivity index is 2.18. The van der Waals surface area contributed by atoms with Crippen molar-refractivity contribution < 1.29 is 5.11 Å². The van der Waals surface area contributed by atoms with E-state index in [4.69, 9.17) is 0 Å². The Hall–Kier alpha value is -0.830. The third kappa shape index (κ3) is 1.57. The standard InChI is InChI=1S/C11H18N2O/c1-11(6-3-4-7-11)10(14)9-5-8-13(2)12-9/h5,8,10,14H,3-4,6-7H2,1-2H3. The van der Waals surface area contributed by atoms with Crippen LogP contribution in [-0.4, -0.2) is 14.9 Å². The molecule has 0 bridgehead atoms. The van der Waals surface area contributed by atoms with Crippen LogP contribution in [0, 0.1) is 5.41 Å². The third-order valence-electron chi connectivity index (χ3n) is 3.42. The van der Waals surface area contributed by atoms with E-state index in [0.29, 0.717) is 0 Å². The minimum absolute atomic E-state index is 0.0500. The smallest absolute Gasteiger partial charge is 0.103 e. The van der Waals surface area contributed by atoms with E-state index in [1.165, 1.54) is 12.8 Å². The Labute approximate surface area is 84.7 Å². The number of hydrogen-bond acceptors (Lipinski definition) is 2. The molecule has 1 fully saturated rings. The molecule has 14 heavy (non-hydrogen) atoms. The molecule has 0 aromatic carbocycles. The average Bonchev–Trinajstić information content (AvgIpc) is 2.74. The molecular formula is C11H18N2O. The van der Waals surface area contributed by atoms with Crippen LogP contribution in [-0.2, 0) is 7.05 Å². The second-order valence-corrected chi connectivity index (χ2v) is 4.68. The van der Waals surface area contributed by atoms with Crippen LogP contribution in [0.2, 0.25) is 0 Å². The van der Waals surface area contributed by atoms with Crippen molar-refractivity contribution in [2.75, 3.05) is 0 Å². The van der Waals surface area contributed by atoms with Gasteiger partial charge in [0.1, 0.15) is 6.10 Å². The summed E-state index contributed by atoms with van der Waals surface area (Å²) in [5.41, 5.74) is 0.867. The number of nitrogens with zero attached hydrogens (tertiary/aromatic N) is 2. The number of aromatic nitrogens is 2. The van der Waals surface area contributed by atoms with Gasteiger partial charge < -0.3 is 5.11 Å². The molecule has 0 aliphatic heterocycles. The van der Waals surface area contributed by atoms with Crippen LogP contribution < -0.4 is 0 Å². The molecule has 1 aromatic rings. The van der Waals surface area contributed by atoms with Gasteiger partial charge in [-0.25, -0.2) is 0 Å². The lowest BCUT2D eigenvalue weighted by Crippen LogP contribution is -2.22. The summed E-state index contributed by atoms with van der Waals surface area (Å²) in [5, 5.41) is 14.5. The quantitative estimate of drug-likeness (QED) is 0.782. The van der Waals surface area contributed by atoms with E-state index in [2.05, 4.69) is 12.0 Å². The van der Waals surface area contributed by atoms with Gasteiger partial charge in [0, 0.05) is 13.2 Å². The summed E-state index contributed by atoms with van der Waals surface area (Å²) >= 11 is 0. The molecule has 1 N–H and O–H groups in total. The molecule has 1 saturated carbocycles. The molecule has 2 rings (SSSR count). The first-order valence-corrected chi connectivity index (χ1v) is 5.29. The second-order valence-electron chi connectivity index (χ2n) is 4.68. The van der Waals surface area contributed by atoms with E-state index in [1.54, 1.807) is 4.68 Å². The number of hydrogen-bond donors (Lipinski definition) is 1. The fraction of sp³-hybridized carbons (Fsp3) is 0.727. The molecule has 1 heterocycles. The topological polar surface area (TPSA) is 38.0 Å². The normalized spacial score (nSPS) is 22.5. The fourth-order valence-electron chi connectivity index (χ4n) is 2.39. The lowest BCUT2D eigenvalue weighted by molar-refractivity contribution is 0.0369. The number of aliphatic hydroxyl groups excluding tert-OH is 1. The monoisotopic (exact) mass is 194 g/mol. The van der Waals surface area contributed by atoms with E-state index < -0.39 is 6.10 Å². The average molecular weight is 194 g/mol. The zero-order valence-corrected chi connectivity index (χ0v) is 8.90.